The third-order valence-electron chi connectivity index (χ3n) is 5.38. The summed E-state index contributed by atoms with van der Waals surface area (Å²) >= 11 is 7.65. The summed E-state index contributed by atoms with van der Waals surface area (Å²) in [5, 5.41) is 0.721. The van der Waals surface area contributed by atoms with Crippen LogP contribution in [0.3, 0.4) is 0 Å². The summed E-state index contributed by atoms with van der Waals surface area (Å²) in [6.07, 6.45) is 3.59. The normalized spacial score (nSPS) is 14.1. The number of amides is 1. The molecular formula is C26H25ClN2O2S. The van der Waals surface area contributed by atoms with E-state index in [2.05, 4.69) is 17.0 Å². The van der Waals surface area contributed by atoms with Crippen molar-refractivity contribution in [2.24, 2.45) is 0 Å². The van der Waals surface area contributed by atoms with Crippen LogP contribution in [0.5, 0.6) is 5.75 Å². The summed E-state index contributed by atoms with van der Waals surface area (Å²) in [4.78, 5) is 19.2. The third-order valence-corrected chi connectivity index (χ3v) is 6.73. The fourth-order valence-corrected chi connectivity index (χ4v) is 4.72. The topological polar surface area (TPSA) is 32.8 Å². The Morgan fingerprint density at radius 1 is 0.938 bits per heavy atom. The first-order chi connectivity index (χ1) is 15.6. The molecule has 0 bridgehead atoms. The molecule has 0 atom stereocenters. The van der Waals surface area contributed by atoms with Crippen molar-refractivity contribution in [3.05, 3.63) is 89.5 Å². The number of carbonyl (C=O) groups excluding carboxylic acids is 1. The summed E-state index contributed by atoms with van der Waals surface area (Å²) in [6, 6.07) is 23.9. The minimum Gasteiger partial charge on any atom is -0.495 e. The number of benzene rings is 3. The summed E-state index contributed by atoms with van der Waals surface area (Å²) < 4.78 is 5.48. The maximum absolute atomic E-state index is 12.8. The molecule has 1 aliphatic heterocycles. The average Bonchev–Trinajstić information content (AvgIpc) is 2.85. The Kier molecular flexibility index (Phi) is 7.40. The van der Waals surface area contributed by atoms with E-state index in [1.807, 2.05) is 71.6 Å². The van der Waals surface area contributed by atoms with Crippen molar-refractivity contribution in [3.63, 3.8) is 0 Å². The van der Waals surface area contributed by atoms with Gasteiger partial charge in [-0.3, -0.25) is 4.79 Å². The minimum atomic E-state index is 0.0379. The van der Waals surface area contributed by atoms with E-state index in [0.29, 0.717) is 13.1 Å². The van der Waals surface area contributed by atoms with Crippen molar-refractivity contribution in [2.45, 2.75) is 9.79 Å². The van der Waals surface area contributed by atoms with Crippen LogP contribution < -0.4 is 9.64 Å². The van der Waals surface area contributed by atoms with E-state index in [1.165, 1.54) is 0 Å². The monoisotopic (exact) mass is 464 g/mol. The molecule has 0 unspecified atom stereocenters. The first-order valence-electron chi connectivity index (χ1n) is 10.5. The molecule has 1 saturated heterocycles. The fourth-order valence-electron chi connectivity index (χ4n) is 3.67. The molecule has 164 valence electrons. The predicted octanol–water partition coefficient (Wildman–Crippen LogP) is 5.86. The van der Waals surface area contributed by atoms with Crippen molar-refractivity contribution in [1.29, 1.82) is 0 Å². The van der Waals surface area contributed by atoms with E-state index in [1.54, 1.807) is 24.9 Å². The van der Waals surface area contributed by atoms with Crippen LogP contribution in [0.2, 0.25) is 5.02 Å². The molecule has 3 aromatic carbocycles. The Bertz CT molecular complexity index is 1090. The van der Waals surface area contributed by atoms with Gasteiger partial charge in [0.05, 0.1) is 12.8 Å². The molecule has 32 heavy (non-hydrogen) atoms. The van der Waals surface area contributed by atoms with Gasteiger partial charge in [-0.25, -0.2) is 0 Å². The molecule has 0 spiro atoms. The van der Waals surface area contributed by atoms with Gasteiger partial charge in [0.15, 0.2) is 0 Å². The molecule has 6 heteroatoms. The molecular weight excluding hydrogens is 440 g/mol. The zero-order chi connectivity index (χ0) is 22.3. The Morgan fingerprint density at radius 3 is 2.38 bits per heavy atom. The van der Waals surface area contributed by atoms with E-state index >= 15 is 0 Å². The number of anilines is 1. The Labute approximate surface area is 198 Å². The fraction of sp³-hybridized carbons (Fsp3) is 0.192. The van der Waals surface area contributed by atoms with Crippen LogP contribution >= 0.6 is 23.4 Å². The van der Waals surface area contributed by atoms with Crippen molar-refractivity contribution in [2.75, 3.05) is 38.2 Å². The number of para-hydroxylation sites is 2. The number of hydrogen-bond donors (Lipinski definition) is 0. The number of nitrogens with zero attached hydrogens (tertiary/aromatic N) is 2. The molecule has 4 rings (SSSR count). The highest BCUT2D eigenvalue weighted by atomic mass is 35.5. The third kappa shape index (κ3) is 5.47. The van der Waals surface area contributed by atoms with Crippen LogP contribution in [0.15, 0.2) is 88.7 Å². The van der Waals surface area contributed by atoms with Gasteiger partial charge in [0.1, 0.15) is 5.75 Å². The molecule has 0 saturated carbocycles. The van der Waals surface area contributed by atoms with Gasteiger partial charge in [0, 0.05) is 47.1 Å². The largest absolute Gasteiger partial charge is 0.495 e. The van der Waals surface area contributed by atoms with Crippen molar-refractivity contribution >= 4 is 41.0 Å². The van der Waals surface area contributed by atoms with E-state index < -0.39 is 0 Å². The molecule has 0 radical (unpaired) electrons. The quantitative estimate of drug-likeness (QED) is 0.427. The van der Waals surface area contributed by atoms with Gasteiger partial charge in [0.2, 0.25) is 5.91 Å². The molecule has 1 amide bonds. The van der Waals surface area contributed by atoms with Gasteiger partial charge in [-0.05, 0) is 54.1 Å². The number of ether oxygens (including phenoxy) is 1. The van der Waals surface area contributed by atoms with E-state index in [-0.39, 0.29) is 5.91 Å². The van der Waals surface area contributed by atoms with Gasteiger partial charge in [-0.2, -0.15) is 0 Å². The second-order valence-corrected chi connectivity index (χ2v) is 8.96. The molecule has 1 aliphatic rings. The first-order valence-corrected chi connectivity index (χ1v) is 11.7. The van der Waals surface area contributed by atoms with E-state index in [9.17, 15) is 4.79 Å². The van der Waals surface area contributed by atoms with Crippen LogP contribution in [-0.2, 0) is 4.79 Å². The number of halogens is 1. The molecule has 0 N–H and O–H groups in total. The van der Waals surface area contributed by atoms with Gasteiger partial charge in [-0.1, -0.05) is 53.7 Å². The zero-order valence-corrected chi connectivity index (χ0v) is 19.5. The lowest BCUT2D eigenvalue weighted by atomic mass is 10.2. The molecule has 4 nitrogen and oxygen atoms in total. The van der Waals surface area contributed by atoms with Crippen LogP contribution in [0.25, 0.3) is 6.08 Å². The van der Waals surface area contributed by atoms with E-state index in [0.717, 1.165) is 44.9 Å². The Morgan fingerprint density at radius 2 is 1.62 bits per heavy atom. The summed E-state index contributed by atoms with van der Waals surface area (Å²) in [5.41, 5.74) is 2.10. The minimum absolute atomic E-state index is 0.0379. The molecule has 0 aliphatic carbocycles. The van der Waals surface area contributed by atoms with Crippen molar-refractivity contribution < 1.29 is 9.53 Å². The average molecular weight is 465 g/mol. The number of carbonyl (C=O) groups is 1. The second-order valence-electron chi connectivity index (χ2n) is 7.41. The van der Waals surface area contributed by atoms with Crippen LogP contribution in [-0.4, -0.2) is 44.1 Å². The number of hydrogen-bond acceptors (Lipinski definition) is 4. The smallest absolute Gasteiger partial charge is 0.246 e. The lowest BCUT2D eigenvalue weighted by molar-refractivity contribution is -0.126. The summed E-state index contributed by atoms with van der Waals surface area (Å²) in [7, 11) is 1.69. The molecule has 0 aromatic heterocycles. The second kappa shape index (κ2) is 10.6. The van der Waals surface area contributed by atoms with Gasteiger partial charge < -0.3 is 14.5 Å². The maximum Gasteiger partial charge on any atom is 0.246 e. The Balaban J connectivity index is 1.39. The lowest BCUT2D eigenvalue weighted by Crippen LogP contribution is -2.48. The van der Waals surface area contributed by atoms with Crippen molar-refractivity contribution in [3.8, 4) is 5.75 Å². The lowest BCUT2D eigenvalue weighted by Gasteiger charge is -2.36. The number of piperazine rings is 1. The van der Waals surface area contributed by atoms with Crippen molar-refractivity contribution in [1.82, 2.24) is 4.90 Å². The van der Waals surface area contributed by atoms with Crippen LogP contribution in [0, 0.1) is 0 Å². The van der Waals surface area contributed by atoms with Gasteiger partial charge in [-0.15, -0.1) is 0 Å². The SMILES string of the molecule is COc1ccccc1N1CCN(C(=O)/C=C/c2ccccc2Sc2ccc(Cl)cc2)CC1. The molecule has 1 heterocycles. The first kappa shape index (κ1) is 22.3. The van der Waals surface area contributed by atoms with Crippen LogP contribution in [0.1, 0.15) is 5.56 Å². The number of methoxy groups -OCH3 is 1. The summed E-state index contributed by atoms with van der Waals surface area (Å²) in [6.45, 7) is 2.93. The highest BCUT2D eigenvalue weighted by molar-refractivity contribution is 7.99. The predicted molar refractivity (Wildman–Crippen MR) is 133 cm³/mol. The molecule has 1 fully saturated rings. The Hall–Kier alpha value is -2.89. The maximum atomic E-state index is 12.8. The number of rotatable bonds is 6. The van der Waals surface area contributed by atoms with E-state index in [4.69, 9.17) is 16.3 Å². The van der Waals surface area contributed by atoms with Gasteiger partial charge >= 0.3 is 0 Å². The zero-order valence-electron chi connectivity index (χ0n) is 17.9. The summed E-state index contributed by atoms with van der Waals surface area (Å²) in [5.74, 6) is 0.901. The molecule has 3 aromatic rings. The van der Waals surface area contributed by atoms with Gasteiger partial charge in [0.25, 0.3) is 0 Å². The highest BCUT2D eigenvalue weighted by Crippen LogP contribution is 2.32. The standard InChI is InChI=1S/C26H25ClN2O2S/c1-31-24-8-4-3-7-23(24)28-16-18-29(19-17-28)26(30)15-10-20-6-2-5-9-25(20)32-22-13-11-21(27)12-14-22/h2-15H,16-19H2,1H3/b15-10+. The van der Waals surface area contributed by atoms with Crippen LogP contribution in [0.4, 0.5) is 5.69 Å². The highest BCUT2D eigenvalue weighted by Gasteiger charge is 2.21.